The van der Waals surface area contributed by atoms with Gasteiger partial charge in [-0.05, 0) is 43.2 Å². The number of nitrogens with one attached hydrogen (secondary N) is 1. The third kappa shape index (κ3) is 4.90. The van der Waals surface area contributed by atoms with Crippen LogP contribution >= 0.6 is 11.6 Å². The number of aromatic nitrogens is 6. The van der Waals surface area contributed by atoms with Crippen LogP contribution < -0.4 is 10.9 Å². The number of hydrogen-bond donors (Lipinski definition) is 1. The van der Waals surface area contributed by atoms with E-state index in [1.165, 1.54) is 29.4 Å². The second-order valence-corrected chi connectivity index (χ2v) is 10.7. The van der Waals surface area contributed by atoms with Gasteiger partial charge in [0.05, 0.1) is 46.9 Å². The van der Waals surface area contributed by atoms with Gasteiger partial charge in [-0.25, -0.2) is 9.67 Å². The van der Waals surface area contributed by atoms with Gasteiger partial charge in [0, 0.05) is 53.0 Å². The molecule has 6 rings (SSSR count). The summed E-state index contributed by atoms with van der Waals surface area (Å²) in [6, 6.07) is 9.76. The zero-order valence-electron chi connectivity index (χ0n) is 22.3. The van der Waals surface area contributed by atoms with Crippen LogP contribution in [0, 0.1) is 5.92 Å². The Kier molecular flexibility index (Phi) is 6.90. The predicted octanol–water partition coefficient (Wildman–Crippen LogP) is 6.06. The van der Waals surface area contributed by atoms with Gasteiger partial charge in [0.25, 0.3) is 5.56 Å². The average molecular weight is 578 g/mol. The number of rotatable bonds is 3. The maximum atomic E-state index is 13.9. The summed E-state index contributed by atoms with van der Waals surface area (Å²) in [5.74, 6) is -0.681. The summed E-state index contributed by atoms with van der Waals surface area (Å²) in [5.41, 5.74) is 2.97. The summed E-state index contributed by atoms with van der Waals surface area (Å²) in [6.07, 6.45) is 7.75. The number of amides is 1. The Balaban J connectivity index is 1.47. The lowest BCUT2D eigenvalue weighted by Gasteiger charge is -2.22. The Hall–Kier alpha value is -4.38. The van der Waals surface area contributed by atoms with Crippen molar-refractivity contribution < 1.29 is 13.6 Å². The van der Waals surface area contributed by atoms with Crippen LogP contribution in [0.2, 0.25) is 5.02 Å². The van der Waals surface area contributed by atoms with E-state index in [-0.39, 0.29) is 22.8 Å². The number of anilines is 1. The fourth-order valence-electron chi connectivity index (χ4n) is 5.50. The van der Waals surface area contributed by atoms with Crippen molar-refractivity contribution in [3.8, 4) is 22.5 Å². The molecule has 0 unspecified atom stereocenters. The minimum atomic E-state index is -2.92. The van der Waals surface area contributed by atoms with Gasteiger partial charge in [0.1, 0.15) is 0 Å². The molecule has 1 aromatic carbocycles. The van der Waals surface area contributed by atoms with Crippen LogP contribution in [-0.4, -0.2) is 34.8 Å². The third-order valence-electron chi connectivity index (χ3n) is 7.58. The van der Waals surface area contributed by atoms with Crippen molar-refractivity contribution in [2.45, 2.75) is 38.8 Å². The van der Waals surface area contributed by atoms with E-state index in [1.807, 2.05) is 29.9 Å². The van der Waals surface area contributed by atoms with E-state index in [2.05, 4.69) is 20.4 Å². The second kappa shape index (κ2) is 10.5. The first-order chi connectivity index (χ1) is 19.7. The molecule has 0 aliphatic carbocycles. The molecule has 4 aromatic heterocycles. The van der Waals surface area contributed by atoms with E-state index < -0.39 is 18.5 Å². The lowest BCUT2D eigenvalue weighted by molar-refractivity contribution is -0.119. The second-order valence-electron chi connectivity index (χ2n) is 10.3. The quantitative estimate of drug-likeness (QED) is 0.281. The Labute approximate surface area is 238 Å². The highest BCUT2D eigenvalue weighted by Crippen LogP contribution is 2.35. The van der Waals surface area contributed by atoms with Gasteiger partial charge in [-0.15, -0.1) is 0 Å². The molecule has 1 aliphatic rings. The highest BCUT2D eigenvalue weighted by molar-refractivity contribution is 6.32. The summed E-state index contributed by atoms with van der Waals surface area (Å²) < 4.78 is 31.8. The summed E-state index contributed by atoms with van der Waals surface area (Å²) in [5, 5.41) is 8.03. The van der Waals surface area contributed by atoms with Crippen LogP contribution in [0.1, 0.15) is 44.5 Å². The largest absolute Gasteiger partial charge is 0.350 e. The first kappa shape index (κ1) is 26.8. The third-order valence-corrected chi connectivity index (χ3v) is 7.80. The molecular formula is C29H26ClF2N7O2. The Morgan fingerprint density at radius 1 is 1.10 bits per heavy atom. The molecule has 1 N–H and O–H groups in total. The van der Waals surface area contributed by atoms with Crippen LogP contribution in [-0.2, 0) is 11.8 Å². The minimum Gasteiger partial charge on any atom is -0.350 e. The highest BCUT2D eigenvalue weighted by atomic mass is 35.5. The summed E-state index contributed by atoms with van der Waals surface area (Å²) >= 11 is 6.37. The van der Waals surface area contributed by atoms with Gasteiger partial charge in [0.2, 0.25) is 5.91 Å². The predicted molar refractivity (Wildman–Crippen MR) is 152 cm³/mol. The minimum absolute atomic E-state index is 0.0666. The molecule has 0 saturated carbocycles. The number of fused-ring (bicyclic) bond motifs is 5. The van der Waals surface area contributed by atoms with E-state index in [0.717, 1.165) is 16.5 Å². The number of pyridine rings is 1. The van der Waals surface area contributed by atoms with Crippen molar-refractivity contribution in [2.75, 3.05) is 5.32 Å². The topological polar surface area (TPSA) is 99.6 Å². The molecule has 0 saturated heterocycles. The number of carbonyl (C=O) groups is 1. The maximum absolute atomic E-state index is 13.9. The molecule has 41 heavy (non-hydrogen) atoms. The smallest absolute Gasteiger partial charge is 0.333 e. The number of aryl methyl sites for hydroxylation is 1. The number of alkyl halides is 2. The zero-order valence-corrected chi connectivity index (χ0v) is 23.0. The molecule has 2 atom stereocenters. The normalized spacial score (nSPS) is 17.7. The molecule has 12 heteroatoms. The number of halogens is 3. The van der Waals surface area contributed by atoms with E-state index >= 15 is 0 Å². The van der Waals surface area contributed by atoms with Gasteiger partial charge < -0.3 is 9.88 Å². The molecule has 0 fully saturated rings. The van der Waals surface area contributed by atoms with Crippen molar-refractivity contribution in [3.63, 3.8) is 0 Å². The molecule has 1 amide bonds. The molecule has 210 valence electrons. The van der Waals surface area contributed by atoms with Gasteiger partial charge in [-0.1, -0.05) is 24.9 Å². The fraction of sp³-hybridized carbons (Fsp3) is 0.276. The Morgan fingerprint density at radius 2 is 1.93 bits per heavy atom. The van der Waals surface area contributed by atoms with Crippen LogP contribution in [0.5, 0.6) is 0 Å². The van der Waals surface area contributed by atoms with E-state index in [1.54, 1.807) is 25.1 Å². The van der Waals surface area contributed by atoms with Crippen molar-refractivity contribution in [2.24, 2.45) is 13.0 Å². The number of nitrogens with zero attached hydrogens (tertiary/aromatic N) is 6. The molecule has 1 aliphatic heterocycles. The van der Waals surface area contributed by atoms with E-state index in [9.17, 15) is 18.4 Å². The summed E-state index contributed by atoms with van der Waals surface area (Å²) in [6.45, 7) is -1.14. The number of carbonyl (C=O) groups excluding carboxylic acids is 1. The van der Waals surface area contributed by atoms with Crippen LogP contribution in [0.4, 0.5) is 14.5 Å². The van der Waals surface area contributed by atoms with Crippen molar-refractivity contribution >= 4 is 34.1 Å². The molecule has 9 nitrogen and oxygen atoms in total. The Bertz CT molecular complexity index is 1840. The lowest BCUT2D eigenvalue weighted by atomic mass is 9.97. The highest BCUT2D eigenvalue weighted by Gasteiger charge is 2.26. The van der Waals surface area contributed by atoms with Gasteiger partial charge in [-0.2, -0.15) is 13.9 Å². The zero-order chi connectivity index (χ0) is 28.8. The van der Waals surface area contributed by atoms with Gasteiger partial charge >= 0.3 is 6.55 Å². The standard InChI is InChI=1S/C29H26ClF2N7O2/c1-16-4-3-5-24(22-11-17(6-8-33-22)27-23(36-28(16)41)14-35-39(27)29(31)32)38-15-34-21(13-25(38)40)20-12-19(30)10-18-7-9-37(2)26(18)20/h6-16,24,29H,3-5H2,1-2H3,(H,36,41)/t16-,24+/m1/s1. The molecule has 2 bridgehead atoms. The van der Waals surface area contributed by atoms with Crippen molar-refractivity contribution in [1.82, 2.24) is 28.9 Å². The maximum Gasteiger partial charge on any atom is 0.333 e. The molecule has 5 heterocycles. The van der Waals surface area contributed by atoms with E-state index in [4.69, 9.17) is 11.6 Å². The van der Waals surface area contributed by atoms with E-state index in [0.29, 0.717) is 45.9 Å². The molecule has 0 radical (unpaired) electrons. The SMILES string of the molecule is C[C@@H]1CCC[C@H](n2cnc(-c3cc(Cl)cc4ccn(C)c34)cc2=O)c2cc(ccn2)-c2c(cnn2C(F)F)NC1=O. The molecular weight excluding hydrogens is 552 g/mol. The summed E-state index contributed by atoms with van der Waals surface area (Å²) in [4.78, 5) is 35.7. The number of benzene rings is 1. The molecule has 5 aromatic rings. The monoisotopic (exact) mass is 577 g/mol. The average Bonchev–Trinajstić information content (AvgIpc) is 3.54. The van der Waals surface area contributed by atoms with Gasteiger partial charge in [0.15, 0.2) is 0 Å². The lowest BCUT2D eigenvalue weighted by Crippen LogP contribution is -2.27. The first-order valence-corrected chi connectivity index (χ1v) is 13.5. The van der Waals surface area contributed by atoms with Crippen LogP contribution in [0.3, 0.4) is 0 Å². The van der Waals surface area contributed by atoms with Gasteiger partial charge in [-0.3, -0.25) is 19.1 Å². The van der Waals surface area contributed by atoms with Crippen LogP contribution in [0.25, 0.3) is 33.4 Å². The molecule has 0 spiro atoms. The van der Waals surface area contributed by atoms with Crippen molar-refractivity contribution in [1.29, 1.82) is 0 Å². The number of hydrogen-bond acceptors (Lipinski definition) is 5. The first-order valence-electron chi connectivity index (χ1n) is 13.2. The summed E-state index contributed by atoms with van der Waals surface area (Å²) in [7, 11) is 1.91. The van der Waals surface area contributed by atoms with Crippen molar-refractivity contribution in [3.05, 3.63) is 82.4 Å². The van der Waals surface area contributed by atoms with Crippen LogP contribution in [0.15, 0.2) is 66.1 Å². The fourth-order valence-corrected chi connectivity index (χ4v) is 5.72. The Morgan fingerprint density at radius 3 is 2.71 bits per heavy atom.